The number of furan rings is 1. The van der Waals surface area contributed by atoms with Crippen molar-refractivity contribution < 1.29 is 9.21 Å². The molecule has 0 aliphatic rings. The van der Waals surface area contributed by atoms with Crippen LogP contribution in [-0.4, -0.2) is 17.8 Å². The van der Waals surface area contributed by atoms with Crippen LogP contribution in [0.25, 0.3) is 0 Å². The van der Waals surface area contributed by atoms with E-state index >= 15 is 0 Å². The zero-order valence-corrected chi connectivity index (χ0v) is 10.7. The molecule has 1 rings (SSSR count). The van der Waals surface area contributed by atoms with Gasteiger partial charge in [-0.1, -0.05) is 13.8 Å². The first-order chi connectivity index (χ1) is 7.58. The third-order valence-corrected chi connectivity index (χ3v) is 3.18. The maximum Gasteiger partial charge on any atom is 0.287 e. The minimum Gasteiger partial charge on any atom is -0.456 e. The van der Waals surface area contributed by atoms with Gasteiger partial charge in [0.2, 0.25) is 0 Å². The first-order valence-corrected chi connectivity index (χ1v) is 6.07. The van der Waals surface area contributed by atoms with E-state index in [0.29, 0.717) is 11.6 Å². The van der Waals surface area contributed by atoms with Gasteiger partial charge in [0.25, 0.3) is 5.91 Å². The van der Waals surface area contributed by atoms with Crippen LogP contribution < -0.4 is 5.32 Å². The molecule has 0 aliphatic heterocycles. The van der Waals surface area contributed by atoms with Gasteiger partial charge < -0.3 is 9.73 Å². The summed E-state index contributed by atoms with van der Waals surface area (Å²) in [6.45, 7) is 5.92. The van der Waals surface area contributed by atoms with Crippen molar-refractivity contribution in [2.75, 3.05) is 5.88 Å². The van der Waals surface area contributed by atoms with Crippen LogP contribution in [-0.2, 0) is 6.42 Å². The number of amides is 1. The Morgan fingerprint density at radius 1 is 1.50 bits per heavy atom. The van der Waals surface area contributed by atoms with Gasteiger partial charge in [0.15, 0.2) is 5.76 Å². The van der Waals surface area contributed by atoms with Crippen molar-refractivity contribution in [2.24, 2.45) is 5.92 Å². The average Bonchev–Trinajstić information content (AvgIpc) is 2.76. The zero-order chi connectivity index (χ0) is 12.1. The Hall–Kier alpha value is -0.960. The first kappa shape index (κ1) is 13.1. The second kappa shape index (κ2) is 5.94. The van der Waals surface area contributed by atoms with Crippen molar-refractivity contribution in [1.82, 2.24) is 5.32 Å². The van der Waals surface area contributed by atoms with E-state index in [2.05, 4.69) is 5.32 Å². The lowest BCUT2D eigenvalue weighted by molar-refractivity contribution is 0.0901. The van der Waals surface area contributed by atoms with Gasteiger partial charge in [0.1, 0.15) is 5.76 Å². The van der Waals surface area contributed by atoms with Crippen LogP contribution in [0.1, 0.15) is 37.1 Å². The third kappa shape index (κ3) is 3.27. The molecule has 0 radical (unpaired) electrons. The Balaban J connectivity index is 2.58. The fourth-order valence-corrected chi connectivity index (χ4v) is 1.51. The number of aryl methyl sites for hydroxylation is 1. The number of halogens is 1. The lowest BCUT2D eigenvalue weighted by Gasteiger charge is -2.18. The Bertz CT molecular complexity index is 349. The van der Waals surface area contributed by atoms with Crippen molar-refractivity contribution in [3.05, 3.63) is 23.7 Å². The van der Waals surface area contributed by atoms with Crippen LogP contribution >= 0.6 is 11.6 Å². The smallest absolute Gasteiger partial charge is 0.287 e. The van der Waals surface area contributed by atoms with Gasteiger partial charge in [-0.25, -0.2) is 0 Å². The van der Waals surface area contributed by atoms with E-state index in [0.717, 1.165) is 12.2 Å². The standard InChI is InChI=1S/C12H18ClNO2/c1-4-10-5-6-11(16-10)12(15)14-9(3)8(2)7-13/h5-6,8-9H,4,7H2,1-3H3,(H,14,15). The van der Waals surface area contributed by atoms with Crippen molar-refractivity contribution >= 4 is 17.5 Å². The second-order valence-electron chi connectivity index (χ2n) is 4.01. The molecule has 0 bridgehead atoms. The van der Waals surface area contributed by atoms with Gasteiger partial charge in [-0.15, -0.1) is 11.6 Å². The lowest BCUT2D eigenvalue weighted by atomic mass is 10.1. The van der Waals surface area contributed by atoms with Gasteiger partial charge in [0.05, 0.1) is 0 Å². The Kier molecular flexibility index (Phi) is 4.87. The number of hydrogen-bond acceptors (Lipinski definition) is 2. The highest BCUT2D eigenvalue weighted by atomic mass is 35.5. The fraction of sp³-hybridized carbons (Fsp3) is 0.583. The van der Waals surface area contributed by atoms with E-state index in [9.17, 15) is 4.79 Å². The molecule has 16 heavy (non-hydrogen) atoms. The number of rotatable bonds is 5. The summed E-state index contributed by atoms with van der Waals surface area (Å²) in [6.07, 6.45) is 0.793. The summed E-state index contributed by atoms with van der Waals surface area (Å²) in [5.41, 5.74) is 0. The monoisotopic (exact) mass is 243 g/mol. The molecule has 2 unspecified atom stereocenters. The minimum atomic E-state index is -0.177. The van der Waals surface area contributed by atoms with Crippen LogP contribution in [0.4, 0.5) is 0 Å². The highest BCUT2D eigenvalue weighted by molar-refractivity contribution is 6.18. The van der Waals surface area contributed by atoms with Crippen LogP contribution in [0.15, 0.2) is 16.5 Å². The molecular weight excluding hydrogens is 226 g/mol. The molecule has 3 nitrogen and oxygen atoms in total. The van der Waals surface area contributed by atoms with E-state index in [1.165, 1.54) is 0 Å². The Labute approximate surface area is 101 Å². The Morgan fingerprint density at radius 2 is 2.19 bits per heavy atom. The number of alkyl halides is 1. The number of nitrogens with one attached hydrogen (secondary N) is 1. The van der Waals surface area contributed by atoms with Crippen LogP contribution in [0.3, 0.4) is 0 Å². The predicted molar refractivity (Wildman–Crippen MR) is 64.9 cm³/mol. The molecule has 0 spiro atoms. The molecule has 4 heteroatoms. The first-order valence-electron chi connectivity index (χ1n) is 5.54. The molecular formula is C12H18ClNO2. The van der Waals surface area contributed by atoms with Gasteiger partial charge in [0, 0.05) is 18.3 Å². The molecule has 0 saturated carbocycles. The SMILES string of the molecule is CCc1ccc(C(=O)NC(C)C(C)CCl)o1. The number of carbonyl (C=O) groups excluding carboxylic acids is 1. The maximum absolute atomic E-state index is 11.8. The zero-order valence-electron chi connectivity index (χ0n) is 9.92. The largest absolute Gasteiger partial charge is 0.456 e. The maximum atomic E-state index is 11.8. The van der Waals surface area contributed by atoms with Crippen molar-refractivity contribution in [3.8, 4) is 0 Å². The highest BCUT2D eigenvalue weighted by Gasteiger charge is 2.17. The van der Waals surface area contributed by atoms with Crippen molar-refractivity contribution in [2.45, 2.75) is 33.2 Å². The van der Waals surface area contributed by atoms with Gasteiger partial charge in [-0.05, 0) is 25.0 Å². The third-order valence-electron chi connectivity index (χ3n) is 2.69. The highest BCUT2D eigenvalue weighted by Crippen LogP contribution is 2.10. The molecule has 1 aromatic heterocycles. The molecule has 1 N–H and O–H groups in total. The summed E-state index contributed by atoms with van der Waals surface area (Å²) in [6, 6.07) is 3.57. The molecule has 2 atom stereocenters. The summed E-state index contributed by atoms with van der Waals surface area (Å²) in [7, 11) is 0. The topological polar surface area (TPSA) is 42.2 Å². The summed E-state index contributed by atoms with van der Waals surface area (Å²) >= 11 is 5.73. The molecule has 1 heterocycles. The van der Waals surface area contributed by atoms with E-state index in [1.54, 1.807) is 6.07 Å². The van der Waals surface area contributed by atoms with Crippen LogP contribution in [0.2, 0.25) is 0 Å². The number of carbonyl (C=O) groups is 1. The lowest BCUT2D eigenvalue weighted by Crippen LogP contribution is -2.37. The normalized spacial score (nSPS) is 14.5. The average molecular weight is 244 g/mol. The summed E-state index contributed by atoms with van der Waals surface area (Å²) in [4.78, 5) is 11.8. The number of hydrogen-bond donors (Lipinski definition) is 1. The fourth-order valence-electron chi connectivity index (χ4n) is 1.24. The molecule has 1 amide bonds. The van der Waals surface area contributed by atoms with Gasteiger partial charge in [-0.3, -0.25) is 4.79 Å². The van der Waals surface area contributed by atoms with Gasteiger partial charge in [-0.2, -0.15) is 0 Å². The van der Waals surface area contributed by atoms with Crippen LogP contribution in [0, 0.1) is 5.92 Å². The molecule has 0 aliphatic carbocycles. The summed E-state index contributed by atoms with van der Waals surface area (Å²) in [5.74, 6) is 1.78. The second-order valence-corrected chi connectivity index (χ2v) is 4.32. The van der Waals surface area contributed by atoms with Crippen molar-refractivity contribution in [1.29, 1.82) is 0 Å². The molecule has 0 aromatic carbocycles. The minimum absolute atomic E-state index is 0.0418. The molecule has 0 fully saturated rings. The van der Waals surface area contributed by atoms with E-state index < -0.39 is 0 Å². The van der Waals surface area contributed by atoms with E-state index in [4.69, 9.17) is 16.0 Å². The van der Waals surface area contributed by atoms with E-state index in [1.807, 2.05) is 26.8 Å². The quantitative estimate of drug-likeness (QED) is 0.808. The van der Waals surface area contributed by atoms with Crippen LogP contribution in [0.5, 0.6) is 0 Å². The Morgan fingerprint density at radius 3 is 2.69 bits per heavy atom. The molecule has 1 aromatic rings. The van der Waals surface area contributed by atoms with Crippen molar-refractivity contribution in [3.63, 3.8) is 0 Å². The van der Waals surface area contributed by atoms with Gasteiger partial charge >= 0.3 is 0 Å². The predicted octanol–water partition coefficient (Wildman–Crippen LogP) is 2.84. The van der Waals surface area contributed by atoms with E-state index in [-0.39, 0.29) is 17.9 Å². The molecule has 90 valence electrons. The molecule has 0 saturated heterocycles. The summed E-state index contributed by atoms with van der Waals surface area (Å²) < 4.78 is 5.36. The summed E-state index contributed by atoms with van der Waals surface area (Å²) in [5, 5.41) is 2.87.